The average molecular weight is 635 g/mol. The largest absolute Gasteiger partial charge is 0.484 e. The van der Waals surface area contributed by atoms with Crippen LogP contribution in [0.2, 0.25) is 5.02 Å². The second-order valence-electron chi connectivity index (χ2n) is 11.3. The van der Waals surface area contributed by atoms with E-state index < -0.39 is 18.0 Å². The van der Waals surface area contributed by atoms with Crippen molar-refractivity contribution in [2.24, 2.45) is 0 Å². The predicted molar refractivity (Wildman–Crippen MR) is 169 cm³/mol. The highest BCUT2D eigenvalue weighted by Crippen LogP contribution is 2.40. The average Bonchev–Trinajstić information content (AvgIpc) is 3.43. The van der Waals surface area contributed by atoms with Crippen molar-refractivity contribution in [3.63, 3.8) is 0 Å². The van der Waals surface area contributed by atoms with Crippen LogP contribution < -0.4 is 9.47 Å². The molecule has 1 saturated heterocycles. The number of amides is 2. The molecule has 45 heavy (non-hydrogen) atoms. The van der Waals surface area contributed by atoms with Crippen molar-refractivity contribution in [1.82, 2.24) is 19.7 Å². The van der Waals surface area contributed by atoms with E-state index in [1.54, 1.807) is 12.0 Å². The smallest absolute Gasteiger partial charge is 0.416 e. The number of piperazine rings is 1. The van der Waals surface area contributed by atoms with Crippen LogP contribution >= 0.6 is 11.6 Å². The van der Waals surface area contributed by atoms with E-state index in [-0.39, 0.29) is 18.3 Å². The summed E-state index contributed by atoms with van der Waals surface area (Å²) in [4.78, 5) is 35.7. The number of rotatable bonds is 9. The summed E-state index contributed by atoms with van der Waals surface area (Å²) in [6.07, 6.45) is 1.04. The van der Waals surface area contributed by atoms with Crippen molar-refractivity contribution in [2.45, 2.75) is 18.9 Å². The van der Waals surface area contributed by atoms with E-state index in [1.807, 2.05) is 47.4 Å². The second-order valence-corrected chi connectivity index (χ2v) is 11.7. The number of carbonyl (C=O) groups excluding carboxylic acids is 2. The van der Waals surface area contributed by atoms with Crippen molar-refractivity contribution < 1.29 is 28.2 Å². The molecule has 2 aliphatic rings. The van der Waals surface area contributed by atoms with Crippen molar-refractivity contribution in [2.75, 3.05) is 59.6 Å². The molecule has 2 amide bonds. The third-order valence-corrected chi connectivity index (χ3v) is 8.68. The highest BCUT2D eigenvalue weighted by molar-refractivity contribution is 6.31. The zero-order valence-corrected chi connectivity index (χ0v) is 25.9. The molecule has 1 atom stereocenters. The summed E-state index contributed by atoms with van der Waals surface area (Å²) in [5.74, 6) is 0.367. The number of fused-ring (bicyclic) bond motifs is 3. The van der Waals surface area contributed by atoms with Crippen LogP contribution in [0.3, 0.4) is 0 Å². The van der Waals surface area contributed by atoms with Gasteiger partial charge >= 0.3 is 6.09 Å². The van der Waals surface area contributed by atoms with Gasteiger partial charge in [0.2, 0.25) is 0 Å². The van der Waals surface area contributed by atoms with Crippen LogP contribution in [0.4, 0.5) is 9.18 Å². The first-order chi connectivity index (χ1) is 21.9. The van der Waals surface area contributed by atoms with Crippen LogP contribution in [0, 0.1) is 5.82 Å². The maximum atomic E-state index is 13.5. The first-order valence-corrected chi connectivity index (χ1v) is 15.5. The number of methoxy groups -OCH3 is 1. The summed E-state index contributed by atoms with van der Waals surface area (Å²) in [7, 11) is 1.71. The minimum Gasteiger partial charge on any atom is -0.484 e. The highest BCUT2D eigenvalue weighted by Gasteiger charge is 2.36. The lowest BCUT2D eigenvalue weighted by molar-refractivity contribution is -0.135. The Labute approximate surface area is 266 Å². The lowest BCUT2D eigenvalue weighted by Gasteiger charge is -2.35. The zero-order chi connectivity index (χ0) is 31.3. The monoisotopic (exact) mass is 634 g/mol. The third kappa shape index (κ3) is 7.08. The van der Waals surface area contributed by atoms with Gasteiger partial charge in [0.25, 0.3) is 5.91 Å². The number of hydrogen-bond donors (Lipinski definition) is 1. The number of halogens is 2. The summed E-state index contributed by atoms with van der Waals surface area (Å²) in [6, 6.07) is 18.0. The Morgan fingerprint density at radius 1 is 0.956 bits per heavy atom. The maximum Gasteiger partial charge on any atom is 0.416 e. The SMILES string of the molecule is COCCCN1CCN(C(=O)COc2ccc(C3c4[nH]c5ccc(Cl)cc5c4CCN3C(=O)Oc3ccc(F)cc3)cc2)CC1. The van der Waals surface area contributed by atoms with E-state index in [1.165, 1.54) is 24.3 Å². The Morgan fingerprint density at radius 3 is 2.42 bits per heavy atom. The van der Waals surface area contributed by atoms with E-state index in [2.05, 4.69) is 9.88 Å². The van der Waals surface area contributed by atoms with Gasteiger partial charge in [-0.3, -0.25) is 14.6 Å². The maximum absolute atomic E-state index is 13.5. The van der Waals surface area contributed by atoms with Crippen LogP contribution in [0.5, 0.6) is 11.5 Å². The number of H-pyrrole nitrogens is 1. The van der Waals surface area contributed by atoms with E-state index in [4.69, 9.17) is 25.8 Å². The molecule has 236 valence electrons. The van der Waals surface area contributed by atoms with Gasteiger partial charge < -0.3 is 24.1 Å². The molecule has 11 heteroatoms. The molecule has 3 heterocycles. The Morgan fingerprint density at radius 2 is 1.69 bits per heavy atom. The van der Waals surface area contributed by atoms with Crippen LogP contribution in [0.15, 0.2) is 66.7 Å². The fourth-order valence-electron chi connectivity index (χ4n) is 6.10. The van der Waals surface area contributed by atoms with Crippen LogP contribution in [0.1, 0.15) is 29.3 Å². The molecule has 0 radical (unpaired) electrons. The van der Waals surface area contributed by atoms with Gasteiger partial charge in [-0.05, 0) is 78.6 Å². The molecule has 6 rings (SSSR count). The van der Waals surface area contributed by atoms with Crippen LogP contribution in [0.25, 0.3) is 10.9 Å². The number of aromatic nitrogens is 1. The first kappa shape index (κ1) is 30.9. The number of hydrogen-bond acceptors (Lipinski definition) is 6. The summed E-state index contributed by atoms with van der Waals surface area (Å²) < 4.78 is 30.1. The number of ether oxygens (including phenoxy) is 3. The molecular weight excluding hydrogens is 599 g/mol. The Balaban J connectivity index is 1.16. The van der Waals surface area contributed by atoms with Crippen molar-refractivity contribution in [3.05, 3.63) is 94.4 Å². The molecule has 1 unspecified atom stereocenters. The van der Waals surface area contributed by atoms with E-state index in [0.29, 0.717) is 36.8 Å². The minimum absolute atomic E-state index is 0.0426. The van der Waals surface area contributed by atoms with Crippen LogP contribution in [-0.4, -0.2) is 91.3 Å². The summed E-state index contributed by atoms with van der Waals surface area (Å²) in [5, 5.41) is 1.65. The van der Waals surface area contributed by atoms with Gasteiger partial charge in [0.15, 0.2) is 6.61 Å². The molecule has 0 spiro atoms. The van der Waals surface area contributed by atoms with Crippen molar-refractivity contribution >= 4 is 34.5 Å². The van der Waals surface area contributed by atoms with E-state index in [0.717, 1.165) is 60.4 Å². The molecule has 0 saturated carbocycles. The van der Waals surface area contributed by atoms with Crippen LogP contribution in [-0.2, 0) is 16.0 Å². The second kappa shape index (κ2) is 13.9. The summed E-state index contributed by atoms with van der Waals surface area (Å²) in [6.45, 7) is 5.10. The Hall–Kier alpha value is -4.12. The zero-order valence-electron chi connectivity index (χ0n) is 25.1. The molecule has 1 N–H and O–H groups in total. The minimum atomic E-state index is -0.543. The lowest BCUT2D eigenvalue weighted by Crippen LogP contribution is -2.50. The number of aromatic amines is 1. The third-order valence-electron chi connectivity index (χ3n) is 8.45. The number of benzene rings is 3. The van der Waals surface area contributed by atoms with Gasteiger partial charge in [0, 0.05) is 74.6 Å². The molecule has 1 fully saturated rings. The topological polar surface area (TPSA) is 87.3 Å². The molecular formula is C34H36ClFN4O5. The molecule has 0 bridgehead atoms. The number of nitrogens with one attached hydrogen (secondary N) is 1. The lowest BCUT2D eigenvalue weighted by atomic mass is 9.92. The molecule has 2 aliphatic heterocycles. The van der Waals surface area contributed by atoms with Gasteiger partial charge in [0.05, 0.1) is 0 Å². The molecule has 4 aromatic rings. The van der Waals surface area contributed by atoms with Gasteiger partial charge in [0.1, 0.15) is 23.4 Å². The number of nitrogens with zero attached hydrogens (tertiary/aromatic N) is 3. The summed E-state index contributed by atoms with van der Waals surface area (Å²) in [5.41, 5.74) is 3.73. The highest BCUT2D eigenvalue weighted by atomic mass is 35.5. The first-order valence-electron chi connectivity index (χ1n) is 15.2. The fraction of sp³-hybridized carbons (Fsp3) is 0.353. The quantitative estimate of drug-likeness (QED) is 0.239. The fourth-order valence-corrected chi connectivity index (χ4v) is 6.27. The normalized spacial score (nSPS) is 16.9. The van der Waals surface area contributed by atoms with E-state index >= 15 is 0 Å². The molecule has 9 nitrogen and oxygen atoms in total. The van der Waals surface area contributed by atoms with Crippen molar-refractivity contribution in [3.8, 4) is 11.5 Å². The van der Waals surface area contributed by atoms with Gasteiger partial charge in [-0.1, -0.05) is 23.7 Å². The Kier molecular flexibility index (Phi) is 9.53. The van der Waals surface area contributed by atoms with Gasteiger partial charge in [-0.25, -0.2) is 9.18 Å². The number of carbonyl (C=O) groups is 2. The molecule has 0 aliphatic carbocycles. The van der Waals surface area contributed by atoms with Gasteiger partial charge in [-0.15, -0.1) is 0 Å². The van der Waals surface area contributed by atoms with E-state index in [9.17, 15) is 14.0 Å². The Bertz CT molecular complexity index is 1640. The van der Waals surface area contributed by atoms with Crippen molar-refractivity contribution in [1.29, 1.82) is 0 Å². The standard InChI is InChI=1S/C34H36ClFN4O5/c1-43-20-2-14-38-16-18-39(19-17-38)31(41)22-44-26-8-3-23(4-9-26)33-32-28(29-21-24(35)5-12-30(29)37-32)13-15-40(33)34(42)45-27-10-6-25(36)7-11-27/h3-12,21,33,37H,2,13-20,22H2,1H3. The molecule has 1 aromatic heterocycles. The predicted octanol–water partition coefficient (Wildman–Crippen LogP) is 5.67. The summed E-state index contributed by atoms with van der Waals surface area (Å²) >= 11 is 6.33. The van der Waals surface area contributed by atoms with Gasteiger partial charge in [-0.2, -0.15) is 0 Å². The molecule has 3 aromatic carbocycles.